The molecule has 0 unspecified atom stereocenters. The average molecular weight is 352 g/mol. The van der Waals surface area contributed by atoms with Crippen molar-refractivity contribution in [1.82, 2.24) is 0 Å². The molecule has 2 atom stereocenters. The summed E-state index contributed by atoms with van der Waals surface area (Å²) >= 11 is 0. The second kappa shape index (κ2) is 6.53. The maximum Gasteiger partial charge on any atom is 0.145 e. The van der Waals surface area contributed by atoms with Crippen molar-refractivity contribution in [2.24, 2.45) is 9.51 Å². The van der Waals surface area contributed by atoms with Gasteiger partial charge in [0.2, 0.25) is 0 Å². The Balaban J connectivity index is 2.44. The fourth-order valence-electron chi connectivity index (χ4n) is 2.44. The number of fused-ring (bicyclic) bond motifs is 1. The summed E-state index contributed by atoms with van der Waals surface area (Å²) in [6, 6.07) is 2.74. The molecular formula is C16H21FN4O2S. The standard InChI is InChI=1S/C16H21FN4O2S/c1-10(20-24(22)15(2,3)4)13-7-12(17)6-11-8-16(5,9-19-21-18)23-14(11)13/h6-7H,8-9H2,1-5H3/t16-,24+/m0/s1. The highest BCUT2D eigenvalue weighted by Crippen LogP contribution is 2.39. The molecule has 1 aliphatic rings. The van der Waals surface area contributed by atoms with E-state index in [-0.39, 0.29) is 6.54 Å². The van der Waals surface area contributed by atoms with Crippen LogP contribution < -0.4 is 4.74 Å². The first kappa shape index (κ1) is 18.4. The van der Waals surface area contributed by atoms with Gasteiger partial charge < -0.3 is 4.74 Å². The van der Waals surface area contributed by atoms with Gasteiger partial charge in [0, 0.05) is 22.5 Å². The molecule has 1 aliphatic heterocycles. The molecule has 1 heterocycles. The second-order valence-corrected chi connectivity index (χ2v) is 9.00. The maximum atomic E-state index is 14.0. The fourth-order valence-corrected chi connectivity index (χ4v) is 3.06. The summed E-state index contributed by atoms with van der Waals surface area (Å²) in [4.78, 5) is 2.76. The van der Waals surface area contributed by atoms with Crippen molar-refractivity contribution < 1.29 is 13.3 Å². The lowest BCUT2D eigenvalue weighted by Gasteiger charge is -2.22. The normalized spacial score (nSPS) is 21.7. The van der Waals surface area contributed by atoms with E-state index in [4.69, 9.17) is 10.3 Å². The van der Waals surface area contributed by atoms with Crippen LogP contribution in [0.2, 0.25) is 0 Å². The molecule has 0 bridgehead atoms. The van der Waals surface area contributed by atoms with E-state index < -0.39 is 27.2 Å². The second-order valence-electron chi connectivity index (χ2n) is 7.10. The third-order valence-electron chi connectivity index (χ3n) is 3.65. The van der Waals surface area contributed by atoms with Crippen molar-refractivity contribution in [3.8, 4) is 5.75 Å². The maximum absolute atomic E-state index is 14.0. The third kappa shape index (κ3) is 3.94. The van der Waals surface area contributed by atoms with Crippen LogP contribution in [0.25, 0.3) is 10.4 Å². The third-order valence-corrected chi connectivity index (χ3v) is 5.13. The van der Waals surface area contributed by atoms with E-state index >= 15 is 0 Å². The summed E-state index contributed by atoms with van der Waals surface area (Å²) in [6.45, 7) is 9.10. The Morgan fingerprint density at radius 3 is 2.75 bits per heavy atom. The van der Waals surface area contributed by atoms with Crippen LogP contribution in [-0.2, 0) is 17.4 Å². The monoisotopic (exact) mass is 352 g/mol. The number of nitrogens with zero attached hydrogens (tertiary/aromatic N) is 4. The minimum absolute atomic E-state index is 0.142. The largest absolute Gasteiger partial charge is 0.486 e. The van der Waals surface area contributed by atoms with Gasteiger partial charge in [0.1, 0.15) is 28.2 Å². The first-order chi connectivity index (χ1) is 11.1. The Bertz CT molecular complexity index is 766. The number of hydrogen-bond donors (Lipinski definition) is 0. The summed E-state index contributed by atoms with van der Waals surface area (Å²) in [6.07, 6.45) is 0.432. The van der Waals surface area contributed by atoms with Crippen molar-refractivity contribution in [3.05, 3.63) is 39.5 Å². The van der Waals surface area contributed by atoms with E-state index in [1.54, 1.807) is 6.92 Å². The van der Waals surface area contributed by atoms with Crippen molar-refractivity contribution >= 4 is 16.7 Å². The Labute approximate surface area is 143 Å². The topological polar surface area (TPSA) is 87.4 Å². The number of azide groups is 1. The molecule has 24 heavy (non-hydrogen) atoms. The van der Waals surface area contributed by atoms with E-state index in [0.29, 0.717) is 29.0 Å². The van der Waals surface area contributed by atoms with Gasteiger partial charge in [-0.25, -0.2) is 8.60 Å². The minimum atomic E-state index is -1.45. The predicted molar refractivity (Wildman–Crippen MR) is 93.3 cm³/mol. The summed E-state index contributed by atoms with van der Waals surface area (Å²) in [7, 11) is -1.45. The van der Waals surface area contributed by atoms with Gasteiger partial charge in [-0.1, -0.05) is 5.11 Å². The first-order valence-corrected chi connectivity index (χ1v) is 8.66. The van der Waals surface area contributed by atoms with Crippen molar-refractivity contribution in [2.45, 2.75) is 51.4 Å². The van der Waals surface area contributed by atoms with E-state index in [1.165, 1.54) is 12.1 Å². The van der Waals surface area contributed by atoms with Crippen molar-refractivity contribution in [2.75, 3.05) is 6.54 Å². The van der Waals surface area contributed by atoms with Gasteiger partial charge in [-0.3, -0.25) is 0 Å². The smallest absolute Gasteiger partial charge is 0.145 e. The molecular weight excluding hydrogens is 331 g/mol. The Morgan fingerprint density at radius 1 is 1.50 bits per heavy atom. The van der Waals surface area contributed by atoms with Crippen molar-refractivity contribution in [3.63, 3.8) is 0 Å². The van der Waals surface area contributed by atoms with E-state index in [2.05, 4.69) is 14.4 Å². The lowest BCUT2D eigenvalue weighted by atomic mass is 9.98. The summed E-state index contributed by atoms with van der Waals surface area (Å²) in [5, 5.41) is 3.57. The Kier molecular flexibility index (Phi) is 5.01. The lowest BCUT2D eigenvalue weighted by Crippen LogP contribution is -2.33. The molecule has 0 N–H and O–H groups in total. The molecule has 130 valence electrons. The molecule has 0 fully saturated rings. The zero-order valence-electron chi connectivity index (χ0n) is 14.5. The van der Waals surface area contributed by atoms with E-state index in [0.717, 1.165) is 0 Å². The molecule has 6 nitrogen and oxygen atoms in total. The highest BCUT2D eigenvalue weighted by Gasteiger charge is 2.36. The van der Waals surface area contributed by atoms with Gasteiger partial charge in [-0.05, 0) is 52.3 Å². The van der Waals surface area contributed by atoms with Crippen LogP contribution in [0.15, 0.2) is 21.6 Å². The molecule has 0 aliphatic carbocycles. The summed E-state index contributed by atoms with van der Waals surface area (Å²) in [5.74, 6) is 0.107. The minimum Gasteiger partial charge on any atom is -0.486 e. The molecule has 2 rings (SSSR count). The molecule has 0 spiro atoms. The van der Waals surface area contributed by atoms with Gasteiger partial charge in [0.05, 0.1) is 17.0 Å². The quantitative estimate of drug-likeness (QED) is 0.353. The van der Waals surface area contributed by atoms with E-state index in [9.17, 15) is 8.60 Å². The van der Waals surface area contributed by atoms with E-state index in [1.807, 2.05) is 27.7 Å². The van der Waals surface area contributed by atoms with Crippen LogP contribution in [0.3, 0.4) is 0 Å². The number of halogens is 1. The zero-order valence-corrected chi connectivity index (χ0v) is 15.3. The summed E-state index contributed by atoms with van der Waals surface area (Å²) in [5.41, 5.74) is 9.41. The van der Waals surface area contributed by atoms with Gasteiger partial charge in [0.15, 0.2) is 0 Å². The zero-order chi connectivity index (χ0) is 18.1. The molecule has 0 amide bonds. The number of rotatable bonds is 4. The van der Waals surface area contributed by atoms with Gasteiger partial charge in [-0.2, -0.15) is 4.40 Å². The molecule has 0 saturated carbocycles. The first-order valence-electron chi connectivity index (χ1n) is 7.56. The average Bonchev–Trinajstić information content (AvgIpc) is 2.79. The molecule has 0 radical (unpaired) electrons. The number of benzene rings is 1. The van der Waals surface area contributed by atoms with Gasteiger partial charge in [-0.15, -0.1) is 0 Å². The summed E-state index contributed by atoms with van der Waals surface area (Å²) < 4.78 is 35.9. The molecule has 1 aromatic carbocycles. The Hall–Kier alpha value is -1.92. The van der Waals surface area contributed by atoms with Gasteiger partial charge >= 0.3 is 0 Å². The van der Waals surface area contributed by atoms with Crippen molar-refractivity contribution in [1.29, 1.82) is 0 Å². The highest BCUT2D eigenvalue weighted by molar-refractivity contribution is 7.85. The lowest BCUT2D eigenvalue weighted by molar-refractivity contribution is 0.125. The van der Waals surface area contributed by atoms with Crippen LogP contribution in [0.1, 0.15) is 45.7 Å². The van der Waals surface area contributed by atoms with Gasteiger partial charge in [0.25, 0.3) is 0 Å². The molecule has 0 saturated heterocycles. The highest BCUT2D eigenvalue weighted by atomic mass is 32.2. The SMILES string of the molecule is CC(=N[S@](=O)C(C)(C)C)c1cc(F)cc2c1O[C@](C)(CN=[N+]=[N-])C2. The van der Waals surface area contributed by atoms with Crippen LogP contribution in [-0.4, -0.2) is 26.8 Å². The Morgan fingerprint density at radius 2 is 2.17 bits per heavy atom. The predicted octanol–water partition coefficient (Wildman–Crippen LogP) is 4.10. The number of ether oxygens (including phenoxy) is 1. The molecule has 0 aromatic heterocycles. The van der Waals surface area contributed by atoms with Crippen LogP contribution >= 0.6 is 0 Å². The molecule has 8 heteroatoms. The van der Waals surface area contributed by atoms with Crippen LogP contribution in [0.4, 0.5) is 4.39 Å². The fraction of sp³-hybridized carbons (Fsp3) is 0.562. The van der Waals surface area contributed by atoms with Crippen LogP contribution in [0, 0.1) is 5.82 Å². The molecule has 1 aromatic rings. The van der Waals surface area contributed by atoms with Crippen LogP contribution in [0.5, 0.6) is 5.75 Å². The number of hydrogen-bond acceptors (Lipinski definition) is 3.